The number of benzene rings is 2. The molecule has 4 N–H and O–H groups in total. The fourth-order valence-corrected chi connectivity index (χ4v) is 8.18. The number of aromatic nitrogens is 1. The molecule has 2 fully saturated rings. The van der Waals surface area contributed by atoms with Gasteiger partial charge in [0.25, 0.3) is 11.8 Å². The van der Waals surface area contributed by atoms with Crippen molar-refractivity contribution >= 4 is 73.4 Å². The molecule has 0 saturated carbocycles. The molecule has 3 aromatic rings. The van der Waals surface area contributed by atoms with Crippen molar-refractivity contribution < 1.29 is 80.8 Å². The molecule has 57 heavy (non-hydrogen) atoms. The van der Waals surface area contributed by atoms with Crippen LogP contribution in [0.2, 0.25) is 0 Å². The van der Waals surface area contributed by atoms with Crippen LogP contribution < -0.4 is 55.8 Å². The first kappa shape index (κ1) is 43.3. The predicted molar refractivity (Wildman–Crippen MR) is 196 cm³/mol. The first-order valence-electron chi connectivity index (χ1n) is 17.2. The van der Waals surface area contributed by atoms with Crippen LogP contribution in [0.4, 0.5) is 14.9 Å². The first-order chi connectivity index (χ1) is 26.5. The van der Waals surface area contributed by atoms with Crippen LogP contribution in [0.15, 0.2) is 58.1 Å². The summed E-state index contributed by atoms with van der Waals surface area (Å²) in [7, 11) is -5.64. The number of aromatic hydroxyl groups is 1. The molecule has 2 aromatic carbocycles. The molecule has 0 aliphatic carbocycles. The molecule has 6 amide bonds. The van der Waals surface area contributed by atoms with E-state index in [0.29, 0.717) is 36.6 Å². The molecular formula is C34H34FN8NaO11S2. The van der Waals surface area contributed by atoms with E-state index in [0.717, 1.165) is 18.2 Å². The van der Waals surface area contributed by atoms with Gasteiger partial charge in [-0.15, -0.1) is 0 Å². The smallest absolute Gasteiger partial charge is 0.730 e. The monoisotopic (exact) mass is 836 g/mol. The normalized spacial score (nSPS) is 16.7. The zero-order valence-electron chi connectivity index (χ0n) is 30.7. The first-order valence-corrected chi connectivity index (χ1v) is 19.3. The van der Waals surface area contributed by atoms with E-state index in [-0.39, 0.29) is 94.2 Å². The number of likely N-dealkylation sites (N-methyl/N-ethyl adjacent to an activating group) is 1. The second-order valence-corrected chi connectivity index (χ2v) is 14.8. The molecule has 3 aliphatic heterocycles. The molecule has 23 heteroatoms. The Hall–Kier alpha value is -4.84. The number of thioether (sulfide) groups is 1. The standard InChI is InChI=1S/C34H35FN8O11S2.Na/c1-3-39-13-14-42(31(49)30(39)48)34(51)38-25(18-5-7-19(44)8-6-18)28(46)37-26-29(47)43(56(52,53)54)32(26)55-33(50)21-17-40(4-2)23-16-24(41-11-9-36-10-12-41)22(35)15-20(23)27(21)45;/h5-8,15-17,25,36,44H,3-4,9-14H2,1-2H3,(H,37,46)(H,38,51)(H,52,53,54);/q;+1/p-1/t25-;/m1./s1. The number of anilines is 1. The number of nitrogens with zero attached hydrogens (tertiary/aromatic N) is 5. The van der Waals surface area contributed by atoms with E-state index < -0.39 is 78.7 Å². The van der Waals surface area contributed by atoms with Crippen molar-refractivity contribution in [3.05, 3.63) is 80.5 Å². The average molecular weight is 837 g/mol. The second-order valence-electron chi connectivity index (χ2n) is 12.6. The van der Waals surface area contributed by atoms with Crippen LogP contribution >= 0.6 is 11.8 Å². The molecule has 0 radical (unpaired) electrons. The van der Waals surface area contributed by atoms with Crippen molar-refractivity contribution in [3.63, 3.8) is 0 Å². The van der Waals surface area contributed by atoms with E-state index in [4.69, 9.17) is 0 Å². The summed E-state index contributed by atoms with van der Waals surface area (Å²) in [5.41, 5.74) is -1.80. The van der Waals surface area contributed by atoms with Gasteiger partial charge < -0.3 is 40.0 Å². The molecule has 296 valence electrons. The van der Waals surface area contributed by atoms with Gasteiger partial charge in [-0.3, -0.25) is 33.7 Å². The number of carbonyl (C=O) groups excluding carboxylic acids is 6. The Morgan fingerprint density at radius 1 is 0.965 bits per heavy atom. The molecule has 1 atom stereocenters. The maximum absolute atomic E-state index is 15.4. The number of imide groups is 1. The molecule has 0 spiro atoms. The van der Waals surface area contributed by atoms with Gasteiger partial charge in [0, 0.05) is 63.9 Å². The Labute approximate surface area is 350 Å². The van der Waals surface area contributed by atoms with Gasteiger partial charge in [0.05, 0.1) is 16.8 Å². The SMILES string of the molecule is CCN1CCN(C(=O)N[C@@H](C(=O)NC2=C(SC(=O)c3cn(CC)c4cc(N5CCNCC5)c(F)cc4c3=O)N(S(=O)(=O)[O-])C2=O)c2ccc(O)cc2)C(=O)C1=O.[Na+]. The van der Waals surface area contributed by atoms with Crippen molar-refractivity contribution in [1.29, 1.82) is 0 Å². The molecule has 0 unspecified atom stereocenters. The molecule has 2 saturated heterocycles. The summed E-state index contributed by atoms with van der Waals surface area (Å²) in [5, 5.41) is 15.2. The predicted octanol–water partition coefficient (Wildman–Crippen LogP) is -3.12. The Morgan fingerprint density at radius 2 is 1.63 bits per heavy atom. The van der Waals surface area contributed by atoms with E-state index in [1.807, 2.05) is 4.90 Å². The molecule has 3 aliphatic rings. The van der Waals surface area contributed by atoms with Crippen LogP contribution in [0, 0.1) is 5.82 Å². The van der Waals surface area contributed by atoms with Gasteiger partial charge >= 0.3 is 47.4 Å². The number of phenolic OH excluding ortho intramolecular Hbond substituents is 1. The van der Waals surface area contributed by atoms with Crippen molar-refractivity contribution in [2.75, 3.05) is 50.7 Å². The van der Waals surface area contributed by atoms with Gasteiger partial charge in [0.15, 0.2) is 10.3 Å². The maximum Gasteiger partial charge on any atom is 1.00 e. The number of nitrogens with one attached hydrogen (secondary N) is 3. The quantitative estimate of drug-likeness (QED) is 0.0897. The second kappa shape index (κ2) is 17.3. The Bertz CT molecular complexity index is 2390. The summed E-state index contributed by atoms with van der Waals surface area (Å²) in [6.07, 6.45) is 1.18. The number of amides is 6. The number of urea groups is 1. The van der Waals surface area contributed by atoms with Crippen molar-refractivity contribution in [2.45, 2.75) is 26.4 Å². The van der Waals surface area contributed by atoms with Crippen LogP contribution in [0.1, 0.15) is 35.8 Å². The van der Waals surface area contributed by atoms with Gasteiger partial charge in [-0.05, 0) is 55.4 Å². The van der Waals surface area contributed by atoms with E-state index in [1.165, 1.54) is 33.9 Å². The summed E-state index contributed by atoms with van der Waals surface area (Å²) in [6, 6.07) is 4.27. The summed E-state index contributed by atoms with van der Waals surface area (Å²) >= 11 is -0.0366. The Morgan fingerprint density at radius 3 is 2.25 bits per heavy atom. The summed E-state index contributed by atoms with van der Waals surface area (Å²) in [5.74, 6) is -5.88. The van der Waals surface area contributed by atoms with Gasteiger partial charge in [-0.25, -0.2) is 21.9 Å². The van der Waals surface area contributed by atoms with E-state index in [9.17, 15) is 51.6 Å². The largest absolute Gasteiger partial charge is 1.00 e. The number of piperazine rings is 2. The van der Waals surface area contributed by atoms with Crippen LogP contribution in [-0.4, -0.2) is 117 Å². The number of phenols is 1. The fraction of sp³-hybridized carbons (Fsp3) is 0.324. The van der Waals surface area contributed by atoms with E-state index >= 15 is 4.39 Å². The average Bonchev–Trinajstić information content (AvgIpc) is 3.17. The number of hydrogen-bond acceptors (Lipinski definition) is 14. The maximum atomic E-state index is 15.4. The molecule has 0 bridgehead atoms. The number of halogens is 1. The minimum Gasteiger partial charge on any atom is -0.730 e. The summed E-state index contributed by atoms with van der Waals surface area (Å²) in [4.78, 5) is 96.1. The van der Waals surface area contributed by atoms with Crippen molar-refractivity contribution in [1.82, 2.24) is 34.6 Å². The minimum absolute atomic E-state index is 0. The van der Waals surface area contributed by atoms with Gasteiger partial charge in [-0.2, -0.15) is 0 Å². The molecular weight excluding hydrogens is 803 g/mol. The summed E-state index contributed by atoms with van der Waals surface area (Å²) in [6.45, 7) is 5.78. The number of fused-ring (bicyclic) bond motifs is 1. The number of aryl methyl sites for hydroxylation is 1. The fourth-order valence-electron chi connectivity index (χ4n) is 6.37. The molecule has 19 nitrogen and oxygen atoms in total. The topological polar surface area (TPSA) is 251 Å². The zero-order chi connectivity index (χ0) is 40.6. The summed E-state index contributed by atoms with van der Waals surface area (Å²) < 4.78 is 53.1. The van der Waals surface area contributed by atoms with E-state index in [1.54, 1.807) is 13.8 Å². The Balaban J connectivity index is 0.00000620. The Kier molecular flexibility index (Phi) is 13.2. The van der Waals surface area contributed by atoms with Crippen molar-refractivity contribution in [2.24, 2.45) is 0 Å². The number of rotatable bonds is 10. The molecule has 4 heterocycles. The zero-order valence-corrected chi connectivity index (χ0v) is 34.4. The molecule has 1 aromatic heterocycles. The van der Waals surface area contributed by atoms with Gasteiger partial charge in [0.1, 0.15) is 28.3 Å². The minimum atomic E-state index is -5.64. The van der Waals surface area contributed by atoms with Crippen molar-refractivity contribution in [3.8, 4) is 5.75 Å². The van der Waals surface area contributed by atoms with Crippen LogP contribution in [0.5, 0.6) is 5.75 Å². The number of pyridine rings is 1. The van der Waals surface area contributed by atoms with Crippen LogP contribution in [0.25, 0.3) is 10.9 Å². The molecule has 6 rings (SSSR count). The van der Waals surface area contributed by atoms with Gasteiger partial charge in [-0.1, -0.05) is 12.1 Å². The third kappa shape index (κ3) is 8.56. The third-order valence-electron chi connectivity index (χ3n) is 9.32. The van der Waals surface area contributed by atoms with E-state index in [2.05, 4.69) is 16.0 Å². The van der Waals surface area contributed by atoms with Crippen LogP contribution in [-0.2, 0) is 36.0 Å². The number of carbonyl (C=O) groups is 6. The third-order valence-corrected chi connectivity index (χ3v) is 11.2. The van der Waals surface area contributed by atoms with Crippen LogP contribution in [0.3, 0.4) is 0 Å². The number of hydrogen-bond donors (Lipinski definition) is 4. The van der Waals surface area contributed by atoms with Gasteiger partial charge in [0.2, 0.25) is 10.5 Å².